The Bertz CT molecular complexity index is 775. The summed E-state index contributed by atoms with van der Waals surface area (Å²) in [5.41, 5.74) is 2.42. The van der Waals surface area contributed by atoms with E-state index in [1.54, 1.807) is 0 Å². The summed E-state index contributed by atoms with van der Waals surface area (Å²) in [6, 6.07) is 12.0. The predicted molar refractivity (Wildman–Crippen MR) is 72.9 cm³/mol. The third-order valence-corrected chi connectivity index (χ3v) is 3.14. The highest BCUT2D eigenvalue weighted by molar-refractivity contribution is 5.96. The van der Waals surface area contributed by atoms with Gasteiger partial charge in [0, 0.05) is 16.5 Å². The second-order valence-electron chi connectivity index (χ2n) is 4.53. The monoisotopic (exact) mass is 270 g/mol. The summed E-state index contributed by atoms with van der Waals surface area (Å²) in [5.74, 6) is -1.48. The molecule has 0 bridgehead atoms. The lowest BCUT2D eigenvalue weighted by Crippen LogP contribution is -2.00. The van der Waals surface area contributed by atoms with Crippen molar-refractivity contribution in [2.45, 2.75) is 6.42 Å². The van der Waals surface area contributed by atoms with E-state index in [-0.39, 0.29) is 6.42 Å². The van der Waals surface area contributed by atoms with Crippen LogP contribution in [0.3, 0.4) is 0 Å². The molecule has 0 aliphatic heterocycles. The average Bonchev–Trinajstić information content (AvgIpc) is 2.82. The van der Waals surface area contributed by atoms with Crippen molar-refractivity contribution >= 4 is 16.9 Å². The first kappa shape index (κ1) is 12.4. The highest BCUT2D eigenvalue weighted by atomic mass is 19.1. The predicted octanol–water partition coefficient (Wildman–Crippen LogP) is 3.87. The van der Waals surface area contributed by atoms with Crippen LogP contribution in [0, 0.1) is 5.82 Å². The van der Waals surface area contributed by atoms with Gasteiger partial charge in [-0.2, -0.15) is 0 Å². The van der Waals surface area contributed by atoms with Crippen LogP contribution in [0.25, 0.3) is 22.1 Å². The van der Waals surface area contributed by atoms with Crippen LogP contribution in [0.4, 0.5) is 4.39 Å². The van der Waals surface area contributed by atoms with E-state index < -0.39 is 11.8 Å². The summed E-state index contributed by atoms with van der Waals surface area (Å²) >= 11 is 0. The Hall–Kier alpha value is -2.62. The van der Waals surface area contributed by atoms with E-state index in [1.165, 1.54) is 18.4 Å². The minimum Gasteiger partial charge on any atom is -0.481 e. The van der Waals surface area contributed by atoms with Crippen molar-refractivity contribution in [1.29, 1.82) is 0 Å². The molecule has 1 aromatic heterocycles. The van der Waals surface area contributed by atoms with Gasteiger partial charge in [-0.1, -0.05) is 30.3 Å². The molecule has 0 aliphatic rings. The Kier molecular flexibility index (Phi) is 2.99. The lowest BCUT2D eigenvalue weighted by atomic mass is 10.0. The lowest BCUT2D eigenvalue weighted by Gasteiger charge is -2.01. The van der Waals surface area contributed by atoms with Gasteiger partial charge >= 0.3 is 5.97 Å². The van der Waals surface area contributed by atoms with Crippen LogP contribution >= 0.6 is 0 Å². The Morgan fingerprint density at radius 2 is 1.95 bits per heavy atom. The zero-order valence-electron chi connectivity index (χ0n) is 10.5. The lowest BCUT2D eigenvalue weighted by molar-refractivity contribution is -0.136. The van der Waals surface area contributed by atoms with Gasteiger partial charge in [0.05, 0.1) is 12.7 Å². The topological polar surface area (TPSA) is 50.4 Å². The van der Waals surface area contributed by atoms with Crippen molar-refractivity contribution in [3.05, 3.63) is 60.1 Å². The molecule has 0 fully saturated rings. The molecule has 3 aromatic rings. The minimum atomic E-state index is -1.02. The molecule has 4 heteroatoms. The number of carbonyl (C=O) groups is 1. The molecule has 0 radical (unpaired) electrons. The van der Waals surface area contributed by atoms with Crippen LogP contribution in [-0.4, -0.2) is 11.1 Å². The third-order valence-electron chi connectivity index (χ3n) is 3.14. The van der Waals surface area contributed by atoms with Gasteiger partial charge in [0.2, 0.25) is 0 Å². The molecule has 20 heavy (non-hydrogen) atoms. The van der Waals surface area contributed by atoms with Gasteiger partial charge in [0.25, 0.3) is 0 Å². The van der Waals surface area contributed by atoms with E-state index in [1.807, 2.05) is 30.3 Å². The number of benzene rings is 2. The van der Waals surface area contributed by atoms with Crippen LogP contribution in [0.5, 0.6) is 0 Å². The van der Waals surface area contributed by atoms with Gasteiger partial charge in [0.15, 0.2) is 0 Å². The summed E-state index contributed by atoms with van der Waals surface area (Å²) in [7, 11) is 0. The van der Waals surface area contributed by atoms with Gasteiger partial charge in [-0.05, 0) is 17.7 Å². The van der Waals surface area contributed by atoms with Crippen molar-refractivity contribution in [2.24, 2.45) is 0 Å². The minimum absolute atomic E-state index is 0.268. The molecule has 3 rings (SSSR count). The number of furan rings is 1. The normalized spacial score (nSPS) is 10.8. The number of carboxylic acids is 1. The van der Waals surface area contributed by atoms with E-state index in [9.17, 15) is 9.18 Å². The summed E-state index contributed by atoms with van der Waals surface area (Å²) in [6.45, 7) is 0. The molecule has 0 saturated heterocycles. The van der Waals surface area contributed by atoms with Crippen LogP contribution in [0.15, 0.2) is 53.1 Å². The fourth-order valence-electron chi connectivity index (χ4n) is 2.31. The molecule has 2 aromatic carbocycles. The van der Waals surface area contributed by atoms with Crippen molar-refractivity contribution in [1.82, 2.24) is 0 Å². The summed E-state index contributed by atoms with van der Waals surface area (Å²) in [6.07, 6.45) is 1.26. The fraction of sp³-hybridized carbons (Fsp3) is 0.0625. The van der Waals surface area contributed by atoms with E-state index in [0.717, 1.165) is 11.1 Å². The molecular formula is C16H11FO3. The molecule has 0 amide bonds. The first-order chi connectivity index (χ1) is 9.65. The van der Waals surface area contributed by atoms with Gasteiger partial charge in [-0.3, -0.25) is 4.79 Å². The number of fused-ring (bicyclic) bond motifs is 1. The number of aliphatic carboxylic acids is 1. The molecule has 0 spiro atoms. The molecule has 0 aliphatic carbocycles. The first-order valence-electron chi connectivity index (χ1n) is 6.12. The van der Waals surface area contributed by atoms with Crippen molar-refractivity contribution < 1.29 is 18.7 Å². The summed E-state index contributed by atoms with van der Waals surface area (Å²) in [5, 5.41) is 9.47. The highest BCUT2D eigenvalue weighted by Gasteiger charge is 2.15. The zero-order chi connectivity index (χ0) is 14.1. The highest BCUT2D eigenvalue weighted by Crippen LogP contribution is 2.33. The number of halogens is 1. The molecule has 0 unspecified atom stereocenters. The van der Waals surface area contributed by atoms with E-state index in [0.29, 0.717) is 16.5 Å². The maximum Gasteiger partial charge on any atom is 0.307 e. The smallest absolute Gasteiger partial charge is 0.307 e. The largest absolute Gasteiger partial charge is 0.481 e. The Balaban J connectivity index is 2.22. The molecule has 1 heterocycles. The van der Waals surface area contributed by atoms with E-state index in [2.05, 4.69) is 0 Å². The SMILES string of the molecule is O=C(O)Cc1cc(F)cc2c(-c3ccccc3)coc12. The first-order valence-corrected chi connectivity index (χ1v) is 6.12. The van der Waals surface area contributed by atoms with Crippen molar-refractivity contribution in [2.75, 3.05) is 0 Å². The fourth-order valence-corrected chi connectivity index (χ4v) is 2.31. The van der Waals surface area contributed by atoms with Crippen LogP contribution in [0.1, 0.15) is 5.56 Å². The molecule has 3 nitrogen and oxygen atoms in total. The maximum atomic E-state index is 13.7. The molecule has 0 atom stereocenters. The third kappa shape index (κ3) is 2.16. The quantitative estimate of drug-likeness (QED) is 0.786. The van der Waals surface area contributed by atoms with Crippen LogP contribution in [0.2, 0.25) is 0 Å². The van der Waals surface area contributed by atoms with Crippen LogP contribution in [-0.2, 0) is 11.2 Å². The Morgan fingerprint density at radius 3 is 2.65 bits per heavy atom. The molecule has 100 valence electrons. The zero-order valence-corrected chi connectivity index (χ0v) is 10.5. The van der Waals surface area contributed by atoms with E-state index in [4.69, 9.17) is 9.52 Å². The Labute approximate surface area is 114 Å². The number of hydrogen-bond acceptors (Lipinski definition) is 2. The average molecular weight is 270 g/mol. The van der Waals surface area contributed by atoms with Gasteiger partial charge < -0.3 is 9.52 Å². The van der Waals surface area contributed by atoms with Gasteiger partial charge in [0.1, 0.15) is 11.4 Å². The molecule has 1 N–H and O–H groups in total. The summed E-state index contributed by atoms with van der Waals surface area (Å²) in [4.78, 5) is 10.8. The van der Waals surface area contributed by atoms with Crippen molar-refractivity contribution in [3.63, 3.8) is 0 Å². The standard InChI is InChI=1S/C16H11FO3/c17-12-6-11(7-15(18)19)16-13(8-12)14(9-20-16)10-4-2-1-3-5-10/h1-6,8-9H,7H2,(H,18,19). The molecular weight excluding hydrogens is 259 g/mol. The Morgan fingerprint density at radius 1 is 1.20 bits per heavy atom. The summed E-state index contributed by atoms with van der Waals surface area (Å²) < 4.78 is 19.1. The van der Waals surface area contributed by atoms with Crippen molar-refractivity contribution in [3.8, 4) is 11.1 Å². The number of rotatable bonds is 3. The van der Waals surface area contributed by atoms with Gasteiger partial charge in [-0.15, -0.1) is 0 Å². The maximum absolute atomic E-state index is 13.7. The second-order valence-corrected chi connectivity index (χ2v) is 4.53. The van der Waals surface area contributed by atoms with Gasteiger partial charge in [-0.25, -0.2) is 4.39 Å². The second kappa shape index (κ2) is 4.81. The number of hydrogen-bond donors (Lipinski definition) is 1. The van der Waals surface area contributed by atoms with E-state index >= 15 is 0 Å². The van der Waals surface area contributed by atoms with Crippen LogP contribution < -0.4 is 0 Å². The molecule has 0 saturated carbocycles. The number of carboxylic acid groups (broad SMARTS) is 1.